The topological polar surface area (TPSA) is 38.9 Å². The van der Waals surface area contributed by atoms with E-state index in [0.29, 0.717) is 11.7 Å². The van der Waals surface area contributed by atoms with Gasteiger partial charge in [-0.1, -0.05) is 30.3 Å². The molecule has 0 fully saturated rings. The third-order valence-electron chi connectivity index (χ3n) is 2.31. The predicted molar refractivity (Wildman–Crippen MR) is 63.6 cm³/mol. The van der Waals surface area contributed by atoms with Crippen molar-refractivity contribution in [3.63, 3.8) is 0 Å². The normalized spacial score (nSPS) is 10.2. The zero-order valence-corrected chi connectivity index (χ0v) is 8.91. The lowest BCUT2D eigenvalue weighted by atomic mass is 10.0. The van der Waals surface area contributed by atoms with Gasteiger partial charge in [0.1, 0.15) is 5.82 Å². The lowest BCUT2D eigenvalue weighted by Gasteiger charge is -2.08. The van der Waals surface area contributed by atoms with Crippen LogP contribution < -0.4 is 5.73 Å². The highest BCUT2D eigenvalue weighted by Crippen LogP contribution is 2.27. The van der Waals surface area contributed by atoms with E-state index >= 15 is 0 Å². The minimum absolute atomic E-state index is 0.379. The summed E-state index contributed by atoms with van der Waals surface area (Å²) in [5, 5.41) is 0. The largest absolute Gasteiger partial charge is 0.383 e. The standard InChI is InChI=1S/C12H11ClN2/c13-8-11-10(6-7-15-12(11)14)9-4-2-1-3-5-9/h1-7H,8H2,(H2,14,15). The first-order chi connectivity index (χ1) is 7.33. The van der Waals surface area contributed by atoms with E-state index in [9.17, 15) is 0 Å². The third-order valence-corrected chi connectivity index (χ3v) is 2.57. The highest BCUT2D eigenvalue weighted by molar-refractivity contribution is 6.17. The SMILES string of the molecule is Nc1nccc(-c2ccccc2)c1CCl. The Labute approximate surface area is 93.7 Å². The smallest absolute Gasteiger partial charge is 0.128 e. The molecule has 1 aromatic heterocycles. The van der Waals surface area contributed by atoms with Crippen molar-refractivity contribution in [1.29, 1.82) is 0 Å². The van der Waals surface area contributed by atoms with E-state index in [1.165, 1.54) is 0 Å². The first kappa shape index (κ1) is 9.99. The van der Waals surface area contributed by atoms with Crippen molar-refractivity contribution in [2.75, 3.05) is 5.73 Å². The Morgan fingerprint density at radius 2 is 1.87 bits per heavy atom. The Morgan fingerprint density at radius 1 is 1.13 bits per heavy atom. The molecule has 0 radical (unpaired) electrons. The monoisotopic (exact) mass is 218 g/mol. The molecule has 0 saturated carbocycles. The Morgan fingerprint density at radius 3 is 2.53 bits per heavy atom. The van der Waals surface area contributed by atoms with Gasteiger partial charge in [-0.05, 0) is 17.2 Å². The maximum Gasteiger partial charge on any atom is 0.128 e. The first-order valence-corrected chi connectivity index (χ1v) is 5.21. The second kappa shape index (κ2) is 4.32. The number of hydrogen-bond donors (Lipinski definition) is 1. The fraction of sp³-hybridized carbons (Fsp3) is 0.0833. The molecule has 2 nitrogen and oxygen atoms in total. The number of hydrogen-bond acceptors (Lipinski definition) is 2. The van der Waals surface area contributed by atoms with E-state index < -0.39 is 0 Å². The summed E-state index contributed by atoms with van der Waals surface area (Å²) in [7, 11) is 0. The number of pyridine rings is 1. The van der Waals surface area contributed by atoms with Gasteiger partial charge in [-0.15, -0.1) is 11.6 Å². The molecule has 0 bridgehead atoms. The molecule has 3 heteroatoms. The number of nitrogen functional groups attached to an aromatic ring is 1. The van der Waals surface area contributed by atoms with Gasteiger partial charge in [0.05, 0.1) is 5.88 Å². The van der Waals surface area contributed by atoms with Crippen LogP contribution in [0.3, 0.4) is 0 Å². The van der Waals surface area contributed by atoms with Crippen molar-refractivity contribution in [3.8, 4) is 11.1 Å². The molecule has 0 aliphatic heterocycles. The first-order valence-electron chi connectivity index (χ1n) is 4.67. The van der Waals surface area contributed by atoms with Crippen molar-refractivity contribution >= 4 is 17.4 Å². The molecule has 2 aromatic rings. The van der Waals surface area contributed by atoms with Crippen molar-refractivity contribution < 1.29 is 0 Å². The fourth-order valence-electron chi connectivity index (χ4n) is 1.54. The molecule has 1 aromatic carbocycles. The van der Waals surface area contributed by atoms with Crippen molar-refractivity contribution in [1.82, 2.24) is 4.98 Å². The van der Waals surface area contributed by atoms with Crippen LogP contribution >= 0.6 is 11.6 Å². The van der Waals surface area contributed by atoms with Gasteiger partial charge in [-0.25, -0.2) is 4.98 Å². The molecule has 0 atom stereocenters. The maximum absolute atomic E-state index is 5.87. The van der Waals surface area contributed by atoms with Gasteiger partial charge in [0.2, 0.25) is 0 Å². The molecule has 0 amide bonds. The van der Waals surface area contributed by atoms with Gasteiger partial charge < -0.3 is 5.73 Å². The Bertz CT molecular complexity index is 454. The quantitative estimate of drug-likeness (QED) is 0.787. The molecule has 2 N–H and O–H groups in total. The van der Waals surface area contributed by atoms with Crippen LogP contribution in [-0.4, -0.2) is 4.98 Å². The van der Waals surface area contributed by atoms with Gasteiger partial charge in [-0.3, -0.25) is 0 Å². The molecule has 0 spiro atoms. The molecule has 0 unspecified atom stereocenters. The van der Waals surface area contributed by atoms with E-state index in [4.69, 9.17) is 17.3 Å². The second-order valence-electron chi connectivity index (χ2n) is 3.22. The number of alkyl halides is 1. The molecule has 15 heavy (non-hydrogen) atoms. The molecule has 0 saturated heterocycles. The van der Waals surface area contributed by atoms with Crippen LogP contribution in [0.5, 0.6) is 0 Å². The maximum atomic E-state index is 5.87. The summed E-state index contributed by atoms with van der Waals surface area (Å²) in [6, 6.07) is 12.0. The number of anilines is 1. The van der Waals surface area contributed by atoms with Crippen molar-refractivity contribution in [2.24, 2.45) is 0 Å². The summed E-state index contributed by atoms with van der Waals surface area (Å²) in [6.07, 6.45) is 1.70. The summed E-state index contributed by atoms with van der Waals surface area (Å²) in [6.45, 7) is 0. The Balaban J connectivity index is 2.58. The number of benzene rings is 1. The average molecular weight is 219 g/mol. The van der Waals surface area contributed by atoms with Crippen LogP contribution in [0.15, 0.2) is 42.6 Å². The minimum atomic E-state index is 0.379. The summed E-state index contributed by atoms with van der Waals surface area (Å²) >= 11 is 5.87. The van der Waals surface area contributed by atoms with E-state index in [-0.39, 0.29) is 0 Å². The van der Waals surface area contributed by atoms with Gasteiger partial charge in [0.25, 0.3) is 0 Å². The lowest BCUT2D eigenvalue weighted by Crippen LogP contribution is -1.97. The Hall–Kier alpha value is -1.54. The van der Waals surface area contributed by atoms with Crippen LogP contribution in [0.1, 0.15) is 5.56 Å². The number of nitrogens with two attached hydrogens (primary N) is 1. The highest BCUT2D eigenvalue weighted by Gasteiger charge is 2.07. The van der Waals surface area contributed by atoms with E-state index in [0.717, 1.165) is 16.7 Å². The van der Waals surface area contributed by atoms with Gasteiger partial charge >= 0.3 is 0 Å². The van der Waals surface area contributed by atoms with E-state index in [1.54, 1.807) is 6.20 Å². The van der Waals surface area contributed by atoms with Crippen LogP contribution in [0, 0.1) is 0 Å². The summed E-state index contributed by atoms with van der Waals surface area (Å²) in [5.41, 5.74) is 8.83. The lowest BCUT2D eigenvalue weighted by molar-refractivity contribution is 1.26. The number of rotatable bonds is 2. The number of nitrogens with zero attached hydrogens (tertiary/aromatic N) is 1. The number of halogens is 1. The predicted octanol–water partition coefficient (Wildman–Crippen LogP) is 3.07. The second-order valence-corrected chi connectivity index (χ2v) is 3.49. The zero-order chi connectivity index (χ0) is 10.7. The van der Waals surface area contributed by atoms with Crippen LogP contribution in [0.25, 0.3) is 11.1 Å². The summed E-state index contributed by atoms with van der Waals surface area (Å²) < 4.78 is 0. The average Bonchev–Trinajstić information content (AvgIpc) is 2.30. The molecule has 0 aliphatic rings. The molecule has 76 valence electrons. The van der Waals surface area contributed by atoms with Crippen molar-refractivity contribution in [3.05, 3.63) is 48.2 Å². The van der Waals surface area contributed by atoms with Gasteiger partial charge in [0, 0.05) is 11.8 Å². The molecular weight excluding hydrogens is 208 g/mol. The zero-order valence-electron chi connectivity index (χ0n) is 8.15. The minimum Gasteiger partial charge on any atom is -0.383 e. The summed E-state index contributed by atoms with van der Waals surface area (Å²) in [5.74, 6) is 0.885. The highest BCUT2D eigenvalue weighted by atomic mass is 35.5. The van der Waals surface area contributed by atoms with E-state index in [2.05, 4.69) is 4.98 Å². The Kier molecular flexibility index (Phi) is 2.88. The molecule has 2 rings (SSSR count). The van der Waals surface area contributed by atoms with Gasteiger partial charge in [0.15, 0.2) is 0 Å². The summed E-state index contributed by atoms with van der Waals surface area (Å²) in [4.78, 5) is 4.03. The van der Waals surface area contributed by atoms with Crippen molar-refractivity contribution in [2.45, 2.75) is 5.88 Å². The van der Waals surface area contributed by atoms with Crippen LogP contribution in [0.4, 0.5) is 5.82 Å². The van der Waals surface area contributed by atoms with E-state index in [1.807, 2.05) is 36.4 Å². The molecule has 0 aliphatic carbocycles. The van der Waals surface area contributed by atoms with Gasteiger partial charge in [-0.2, -0.15) is 0 Å². The molecular formula is C12H11ClN2. The molecule has 1 heterocycles. The number of aromatic nitrogens is 1. The fourth-order valence-corrected chi connectivity index (χ4v) is 1.82. The van der Waals surface area contributed by atoms with Crippen LogP contribution in [0.2, 0.25) is 0 Å². The van der Waals surface area contributed by atoms with Crippen LogP contribution in [-0.2, 0) is 5.88 Å². The third kappa shape index (κ3) is 1.95.